The van der Waals surface area contributed by atoms with Gasteiger partial charge in [0.15, 0.2) is 0 Å². The summed E-state index contributed by atoms with van der Waals surface area (Å²) in [6.07, 6.45) is -2.28. The van der Waals surface area contributed by atoms with Gasteiger partial charge in [0.05, 0.1) is 11.9 Å². The molecule has 0 unspecified atom stereocenters. The number of amides is 1. The molecule has 0 aliphatic heterocycles. The standard InChI is InChI=1S/C21H24F4N4O3S/c1-4-5-10-26-19-15(7-9-18(28-19)21(23,24)25)13(2)20(30)27-12-14-6-8-17(16(22)11-14)29-33(3,31)32/h6-9,11,29H,2,4-5,10,12H2,1,3H3,(H,26,28)(H,27,30). The van der Waals surface area contributed by atoms with E-state index in [4.69, 9.17) is 0 Å². The molecule has 2 rings (SSSR count). The second-order valence-corrected chi connectivity index (χ2v) is 8.97. The van der Waals surface area contributed by atoms with Crippen molar-refractivity contribution in [2.24, 2.45) is 0 Å². The number of nitrogens with one attached hydrogen (secondary N) is 3. The number of nitrogens with zero attached hydrogens (tertiary/aromatic N) is 1. The normalized spacial score (nSPS) is 11.7. The van der Waals surface area contributed by atoms with Crippen LogP contribution in [0.2, 0.25) is 0 Å². The van der Waals surface area contributed by atoms with E-state index >= 15 is 0 Å². The summed E-state index contributed by atoms with van der Waals surface area (Å²) < 4.78 is 77.7. The molecule has 1 aromatic carbocycles. The Morgan fingerprint density at radius 1 is 1.18 bits per heavy atom. The monoisotopic (exact) mass is 488 g/mol. The number of hydrogen-bond donors (Lipinski definition) is 3. The number of carbonyl (C=O) groups is 1. The molecular weight excluding hydrogens is 464 g/mol. The molecular formula is C21H24F4N4O3S. The van der Waals surface area contributed by atoms with Crippen LogP contribution in [0.1, 0.15) is 36.6 Å². The number of alkyl halides is 3. The lowest BCUT2D eigenvalue weighted by Gasteiger charge is -2.16. The molecule has 1 aromatic heterocycles. The molecule has 3 N–H and O–H groups in total. The summed E-state index contributed by atoms with van der Waals surface area (Å²) in [6.45, 7) is 5.82. The first kappa shape index (κ1) is 26.1. The highest BCUT2D eigenvalue weighted by molar-refractivity contribution is 7.92. The molecule has 2 aromatic rings. The predicted octanol–water partition coefficient (Wildman–Crippen LogP) is 4.15. The Morgan fingerprint density at radius 3 is 2.45 bits per heavy atom. The number of anilines is 2. The Kier molecular flexibility index (Phi) is 8.42. The number of halogens is 4. The van der Waals surface area contributed by atoms with Crippen LogP contribution in [0, 0.1) is 5.82 Å². The number of rotatable bonds is 10. The Hall–Kier alpha value is -3.15. The molecule has 0 aliphatic rings. The van der Waals surface area contributed by atoms with E-state index < -0.39 is 33.6 Å². The van der Waals surface area contributed by atoms with Crippen LogP contribution < -0.4 is 15.4 Å². The average molecular weight is 489 g/mol. The van der Waals surface area contributed by atoms with Crippen molar-refractivity contribution >= 4 is 33.0 Å². The summed E-state index contributed by atoms with van der Waals surface area (Å²) in [7, 11) is -3.66. The number of benzene rings is 1. The van der Waals surface area contributed by atoms with Gasteiger partial charge in [-0.15, -0.1) is 0 Å². The largest absolute Gasteiger partial charge is 0.433 e. The maximum atomic E-state index is 14.1. The van der Waals surface area contributed by atoms with Crippen LogP contribution >= 0.6 is 0 Å². The van der Waals surface area contributed by atoms with Crippen molar-refractivity contribution in [3.05, 3.63) is 59.5 Å². The van der Waals surface area contributed by atoms with Crippen LogP contribution in [0.4, 0.5) is 29.1 Å². The fraction of sp³-hybridized carbons (Fsp3) is 0.333. The zero-order chi connectivity index (χ0) is 24.8. The molecule has 180 valence electrons. The number of sulfonamides is 1. The second-order valence-electron chi connectivity index (χ2n) is 7.22. The van der Waals surface area contributed by atoms with E-state index in [0.29, 0.717) is 18.5 Å². The number of carbonyl (C=O) groups excluding carboxylic acids is 1. The predicted molar refractivity (Wildman–Crippen MR) is 118 cm³/mol. The number of unbranched alkanes of at least 4 members (excludes halogenated alkanes) is 1. The van der Waals surface area contributed by atoms with Crippen LogP contribution in [-0.4, -0.2) is 32.1 Å². The Bertz CT molecular complexity index is 1130. The van der Waals surface area contributed by atoms with E-state index in [-0.39, 0.29) is 29.2 Å². The molecule has 7 nitrogen and oxygen atoms in total. The van der Waals surface area contributed by atoms with E-state index in [2.05, 4.69) is 22.2 Å². The molecule has 0 atom stereocenters. The number of aromatic nitrogens is 1. The first-order valence-corrected chi connectivity index (χ1v) is 11.8. The summed E-state index contributed by atoms with van der Waals surface area (Å²) >= 11 is 0. The molecule has 12 heteroatoms. The maximum absolute atomic E-state index is 14.1. The third-order valence-corrected chi connectivity index (χ3v) is 4.98. The van der Waals surface area contributed by atoms with Gasteiger partial charge in [-0.05, 0) is 36.2 Å². The first-order chi connectivity index (χ1) is 15.3. The zero-order valence-corrected chi connectivity index (χ0v) is 18.8. The van der Waals surface area contributed by atoms with E-state index in [1.807, 2.05) is 11.6 Å². The molecule has 0 spiro atoms. The topological polar surface area (TPSA) is 100 Å². The van der Waals surface area contributed by atoms with Crippen LogP contribution in [0.3, 0.4) is 0 Å². The molecule has 1 amide bonds. The van der Waals surface area contributed by atoms with E-state index in [1.54, 1.807) is 0 Å². The third kappa shape index (κ3) is 7.74. The first-order valence-electron chi connectivity index (χ1n) is 9.87. The van der Waals surface area contributed by atoms with Crippen LogP contribution in [0.5, 0.6) is 0 Å². The van der Waals surface area contributed by atoms with Gasteiger partial charge in [0.2, 0.25) is 10.0 Å². The van der Waals surface area contributed by atoms with Gasteiger partial charge in [-0.25, -0.2) is 17.8 Å². The van der Waals surface area contributed by atoms with Crippen molar-refractivity contribution in [3.63, 3.8) is 0 Å². The minimum Gasteiger partial charge on any atom is -0.370 e. The highest BCUT2D eigenvalue weighted by Gasteiger charge is 2.33. The fourth-order valence-corrected chi connectivity index (χ4v) is 3.31. The number of pyridine rings is 1. The van der Waals surface area contributed by atoms with Gasteiger partial charge < -0.3 is 10.6 Å². The van der Waals surface area contributed by atoms with Gasteiger partial charge >= 0.3 is 6.18 Å². The van der Waals surface area contributed by atoms with E-state index in [1.165, 1.54) is 12.1 Å². The van der Waals surface area contributed by atoms with Crippen molar-refractivity contribution in [1.82, 2.24) is 10.3 Å². The lowest BCUT2D eigenvalue weighted by atomic mass is 10.1. The lowest BCUT2D eigenvalue weighted by molar-refractivity contribution is -0.141. The molecule has 0 saturated heterocycles. The summed E-state index contributed by atoms with van der Waals surface area (Å²) in [5.74, 6) is -1.63. The highest BCUT2D eigenvalue weighted by Crippen LogP contribution is 2.31. The Balaban J connectivity index is 2.15. The fourth-order valence-electron chi connectivity index (χ4n) is 2.74. The quantitative estimate of drug-likeness (QED) is 0.265. The molecule has 0 fully saturated rings. The highest BCUT2D eigenvalue weighted by atomic mass is 32.2. The maximum Gasteiger partial charge on any atom is 0.433 e. The van der Waals surface area contributed by atoms with E-state index in [0.717, 1.165) is 30.9 Å². The third-order valence-electron chi connectivity index (χ3n) is 4.39. The van der Waals surface area contributed by atoms with Crippen molar-refractivity contribution in [3.8, 4) is 0 Å². The van der Waals surface area contributed by atoms with Gasteiger partial charge in [-0.2, -0.15) is 13.2 Å². The Morgan fingerprint density at radius 2 is 1.88 bits per heavy atom. The Labute approximate surface area is 189 Å². The molecule has 0 saturated carbocycles. The van der Waals surface area contributed by atoms with Gasteiger partial charge in [0.1, 0.15) is 17.3 Å². The summed E-state index contributed by atoms with van der Waals surface area (Å²) in [4.78, 5) is 16.2. The van der Waals surface area contributed by atoms with Crippen molar-refractivity contribution in [1.29, 1.82) is 0 Å². The van der Waals surface area contributed by atoms with Crippen molar-refractivity contribution in [2.45, 2.75) is 32.5 Å². The summed E-state index contributed by atoms with van der Waals surface area (Å²) in [5, 5.41) is 5.32. The lowest BCUT2D eigenvalue weighted by Crippen LogP contribution is -2.24. The van der Waals surface area contributed by atoms with Gasteiger partial charge in [-0.1, -0.05) is 26.0 Å². The average Bonchev–Trinajstić information content (AvgIpc) is 2.72. The zero-order valence-electron chi connectivity index (χ0n) is 18.0. The van der Waals surface area contributed by atoms with Crippen LogP contribution in [0.15, 0.2) is 36.9 Å². The van der Waals surface area contributed by atoms with Crippen molar-refractivity contribution in [2.75, 3.05) is 22.8 Å². The molecule has 0 bridgehead atoms. The smallest absolute Gasteiger partial charge is 0.370 e. The SMILES string of the molecule is C=C(C(=O)NCc1ccc(NS(C)(=O)=O)c(F)c1)c1ccc(C(F)(F)F)nc1NCCCC. The van der Waals surface area contributed by atoms with Gasteiger partial charge in [0.25, 0.3) is 5.91 Å². The minimum atomic E-state index is -4.65. The molecule has 0 radical (unpaired) electrons. The molecule has 33 heavy (non-hydrogen) atoms. The van der Waals surface area contributed by atoms with Gasteiger partial charge in [0, 0.05) is 24.2 Å². The number of hydrogen-bond acceptors (Lipinski definition) is 5. The second kappa shape index (κ2) is 10.6. The van der Waals surface area contributed by atoms with Crippen molar-refractivity contribution < 1.29 is 30.8 Å². The van der Waals surface area contributed by atoms with Crippen LogP contribution in [0.25, 0.3) is 5.57 Å². The van der Waals surface area contributed by atoms with Crippen LogP contribution in [-0.2, 0) is 27.5 Å². The summed E-state index contributed by atoms with van der Waals surface area (Å²) in [6, 6.07) is 5.56. The van der Waals surface area contributed by atoms with Gasteiger partial charge in [-0.3, -0.25) is 9.52 Å². The summed E-state index contributed by atoms with van der Waals surface area (Å²) in [5.41, 5.74) is -1.02. The van der Waals surface area contributed by atoms with E-state index in [9.17, 15) is 30.8 Å². The molecule has 1 heterocycles. The molecule has 0 aliphatic carbocycles. The minimum absolute atomic E-state index is 0.107.